The molecule has 0 bridgehead atoms. The first-order valence-electron chi connectivity index (χ1n) is 3.92. The van der Waals surface area contributed by atoms with Crippen molar-refractivity contribution in [3.8, 4) is 5.75 Å². The summed E-state index contributed by atoms with van der Waals surface area (Å²) in [6.07, 6.45) is 0. The molecule has 0 aliphatic rings. The molecule has 6 heteroatoms. The molecule has 0 amide bonds. The molecule has 15 heavy (non-hydrogen) atoms. The Morgan fingerprint density at radius 3 is 2.60 bits per heavy atom. The number of aromatic nitrogens is 1. The number of halogens is 1. The molecule has 1 heterocycles. The van der Waals surface area contributed by atoms with E-state index < -0.39 is 11.5 Å². The average Bonchev–Trinajstić information content (AvgIpc) is 2.08. The van der Waals surface area contributed by atoms with Gasteiger partial charge in [-0.2, -0.15) is 0 Å². The van der Waals surface area contributed by atoms with Crippen LogP contribution in [0.1, 0.15) is 10.5 Å². The van der Waals surface area contributed by atoms with Crippen molar-refractivity contribution in [2.75, 3.05) is 0 Å². The lowest BCUT2D eigenvalue weighted by molar-refractivity contribution is 0.0683. The topological polar surface area (TPSA) is 79.5 Å². The molecule has 1 aromatic heterocycles. The Hall–Kier alpha value is -1.56. The molecule has 80 valence electrons. The van der Waals surface area contributed by atoms with Gasteiger partial charge in [-0.25, -0.2) is 4.79 Å². The van der Waals surface area contributed by atoms with E-state index in [4.69, 9.17) is 10.2 Å². The van der Waals surface area contributed by atoms with E-state index in [1.807, 2.05) is 0 Å². The minimum atomic E-state index is -1.28. The third-order valence-electron chi connectivity index (χ3n) is 1.66. The van der Waals surface area contributed by atoms with Gasteiger partial charge in [0.1, 0.15) is 11.4 Å². The molecule has 5 nitrogen and oxygen atoms in total. The SMILES string of the molecule is C=C(Br)Cn1c(C(=O)O)cc(O)cc1=O. The Bertz CT molecular complexity index is 477. The van der Waals surface area contributed by atoms with E-state index in [-0.39, 0.29) is 18.0 Å². The maximum Gasteiger partial charge on any atom is 0.352 e. The zero-order valence-electron chi connectivity index (χ0n) is 7.61. The summed E-state index contributed by atoms with van der Waals surface area (Å²) in [6, 6.07) is 1.96. The molecular weight excluding hydrogens is 266 g/mol. The summed E-state index contributed by atoms with van der Waals surface area (Å²) in [5, 5.41) is 17.9. The molecule has 0 fully saturated rings. The number of hydrogen-bond donors (Lipinski definition) is 2. The van der Waals surface area contributed by atoms with Gasteiger partial charge < -0.3 is 10.2 Å². The third kappa shape index (κ3) is 2.69. The molecule has 0 radical (unpaired) electrons. The number of carboxylic acids is 1. The van der Waals surface area contributed by atoms with Gasteiger partial charge in [0.15, 0.2) is 0 Å². The van der Waals surface area contributed by atoms with Gasteiger partial charge in [0.05, 0.1) is 6.54 Å². The van der Waals surface area contributed by atoms with E-state index in [1.54, 1.807) is 0 Å². The summed E-state index contributed by atoms with van der Waals surface area (Å²) in [7, 11) is 0. The Morgan fingerprint density at radius 2 is 2.13 bits per heavy atom. The van der Waals surface area contributed by atoms with Gasteiger partial charge in [0, 0.05) is 16.6 Å². The van der Waals surface area contributed by atoms with Gasteiger partial charge in [0.2, 0.25) is 0 Å². The highest BCUT2D eigenvalue weighted by molar-refractivity contribution is 9.11. The second-order valence-corrected chi connectivity index (χ2v) is 3.97. The Labute approximate surface area is 93.4 Å². The normalized spacial score (nSPS) is 9.93. The molecule has 1 aromatic rings. The maximum atomic E-state index is 11.4. The van der Waals surface area contributed by atoms with Crippen LogP contribution in [0.25, 0.3) is 0 Å². The molecule has 0 unspecified atom stereocenters. The van der Waals surface area contributed by atoms with Crippen LogP contribution in [0.15, 0.2) is 28.0 Å². The molecule has 0 spiro atoms. The van der Waals surface area contributed by atoms with Crippen molar-refractivity contribution in [2.24, 2.45) is 0 Å². The highest BCUT2D eigenvalue weighted by Crippen LogP contribution is 2.11. The fourth-order valence-corrected chi connectivity index (χ4v) is 1.35. The van der Waals surface area contributed by atoms with Crippen molar-refractivity contribution in [3.63, 3.8) is 0 Å². The molecule has 1 rings (SSSR count). The highest BCUT2D eigenvalue weighted by Gasteiger charge is 2.12. The lowest BCUT2D eigenvalue weighted by atomic mass is 10.3. The van der Waals surface area contributed by atoms with E-state index in [9.17, 15) is 9.59 Å². The zero-order valence-corrected chi connectivity index (χ0v) is 9.19. The molecule has 2 N–H and O–H groups in total. The van der Waals surface area contributed by atoms with Gasteiger partial charge in [-0.05, 0) is 0 Å². The number of rotatable bonds is 3. The summed E-state index contributed by atoms with van der Waals surface area (Å²) in [5.41, 5.74) is -0.867. The Kier molecular flexibility index (Phi) is 3.31. The number of carboxylic acid groups (broad SMARTS) is 1. The smallest absolute Gasteiger partial charge is 0.352 e. The lowest BCUT2D eigenvalue weighted by Gasteiger charge is -2.08. The Balaban J connectivity index is 3.40. The first-order valence-corrected chi connectivity index (χ1v) is 4.71. The van der Waals surface area contributed by atoms with E-state index >= 15 is 0 Å². The van der Waals surface area contributed by atoms with Gasteiger partial charge in [-0.1, -0.05) is 22.5 Å². The Morgan fingerprint density at radius 1 is 1.53 bits per heavy atom. The van der Waals surface area contributed by atoms with Crippen molar-refractivity contribution in [1.82, 2.24) is 4.57 Å². The number of aromatic carboxylic acids is 1. The van der Waals surface area contributed by atoms with Crippen LogP contribution in [-0.2, 0) is 6.54 Å². The van der Waals surface area contributed by atoms with Crippen LogP contribution in [0, 0.1) is 0 Å². The number of nitrogens with zero attached hydrogens (tertiary/aromatic N) is 1. The van der Waals surface area contributed by atoms with Crippen LogP contribution < -0.4 is 5.56 Å². The second-order valence-electron chi connectivity index (χ2n) is 2.85. The van der Waals surface area contributed by atoms with Crippen molar-refractivity contribution >= 4 is 21.9 Å². The summed E-state index contributed by atoms with van der Waals surface area (Å²) >= 11 is 3.04. The standard InChI is InChI=1S/C9H8BrNO4/c1-5(10)4-11-7(9(14)15)2-6(12)3-8(11)13/h2-3,12H,1,4H2,(H,14,15). The van der Waals surface area contributed by atoms with Crippen LogP contribution >= 0.6 is 15.9 Å². The predicted molar refractivity (Wildman–Crippen MR) is 57.4 cm³/mol. The first kappa shape index (κ1) is 11.5. The summed E-state index contributed by atoms with van der Waals surface area (Å²) in [5.74, 6) is -1.65. The molecule has 0 atom stereocenters. The number of hydrogen-bond acceptors (Lipinski definition) is 3. The second kappa shape index (κ2) is 4.31. The van der Waals surface area contributed by atoms with Crippen LogP contribution in [0.3, 0.4) is 0 Å². The van der Waals surface area contributed by atoms with E-state index in [2.05, 4.69) is 22.5 Å². The molecule has 0 aliphatic carbocycles. The minimum absolute atomic E-state index is 0.0424. The maximum absolute atomic E-state index is 11.4. The first-order chi connectivity index (χ1) is 6.91. The largest absolute Gasteiger partial charge is 0.508 e. The predicted octanol–water partition coefficient (Wildman–Crippen LogP) is 1.16. The molecule has 0 aromatic carbocycles. The summed E-state index contributed by atoms with van der Waals surface area (Å²) in [4.78, 5) is 22.2. The summed E-state index contributed by atoms with van der Waals surface area (Å²) in [6.45, 7) is 3.56. The number of carbonyl (C=O) groups is 1. The van der Waals surface area contributed by atoms with E-state index in [0.717, 1.165) is 16.7 Å². The average molecular weight is 274 g/mol. The van der Waals surface area contributed by atoms with Gasteiger partial charge in [-0.15, -0.1) is 0 Å². The number of aromatic hydroxyl groups is 1. The van der Waals surface area contributed by atoms with Crippen LogP contribution in [0.5, 0.6) is 5.75 Å². The van der Waals surface area contributed by atoms with E-state index in [0.29, 0.717) is 4.48 Å². The fourth-order valence-electron chi connectivity index (χ4n) is 1.09. The summed E-state index contributed by atoms with van der Waals surface area (Å²) < 4.78 is 1.47. The number of pyridine rings is 1. The van der Waals surface area contributed by atoms with Gasteiger partial charge >= 0.3 is 5.97 Å². The van der Waals surface area contributed by atoms with Crippen molar-refractivity contribution in [1.29, 1.82) is 0 Å². The molecule has 0 saturated carbocycles. The number of allylic oxidation sites excluding steroid dienone is 1. The van der Waals surface area contributed by atoms with E-state index in [1.165, 1.54) is 0 Å². The van der Waals surface area contributed by atoms with Crippen molar-refractivity contribution < 1.29 is 15.0 Å². The molecule has 0 saturated heterocycles. The van der Waals surface area contributed by atoms with Gasteiger partial charge in [0.25, 0.3) is 5.56 Å². The monoisotopic (exact) mass is 273 g/mol. The van der Waals surface area contributed by atoms with Crippen LogP contribution in [-0.4, -0.2) is 20.7 Å². The molecular formula is C9H8BrNO4. The van der Waals surface area contributed by atoms with Crippen molar-refractivity contribution in [2.45, 2.75) is 6.54 Å². The lowest BCUT2D eigenvalue weighted by Crippen LogP contribution is -2.25. The minimum Gasteiger partial charge on any atom is -0.508 e. The van der Waals surface area contributed by atoms with Gasteiger partial charge in [-0.3, -0.25) is 9.36 Å². The highest BCUT2D eigenvalue weighted by atomic mass is 79.9. The quantitative estimate of drug-likeness (QED) is 0.866. The fraction of sp³-hybridized carbons (Fsp3) is 0.111. The molecule has 0 aliphatic heterocycles. The van der Waals surface area contributed by atoms with Crippen LogP contribution in [0.4, 0.5) is 0 Å². The zero-order chi connectivity index (χ0) is 11.6. The van der Waals surface area contributed by atoms with Crippen LogP contribution in [0.2, 0.25) is 0 Å². The third-order valence-corrected chi connectivity index (χ3v) is 1.91. The van der Waals surface area contributed by atoms with Crippen molar-refractivity contribution in [3.05, 3.63) is 39.2 Å².